The van der Waals surface area contributed by atoms with Gasteiger partial charge in [0.1, 0.15) is 0 Å². The van der Waals surface area contributed by atoms with Crippen molar-refractivity contribution in [3.8, 4) is 0 Å². The first-order valence-electron chi connectivity index (χ1n) is 6.34. The molecule has 0 saturated carbocycles. The quantitative estimate of drug-likeness (QED) is 0.854. The van der Waals surface area contributed by atoms with Crippen molar-refractivity contribution in [2.24, 2.45) is 0 Å². The monoisotopic (exact) mass is 247 g/mol. The van der Waals surface area contributed by atoms with E-state index in [0.29, 0.717) is 5.89 Å². The van der Waals surface area contributed by atoms with Gasteiger partial charge in [-0.05, 0) is 12.0 Å². The predicted molar refractivity (Wildman–Crippen MR) is 66.2 cm³/mol. The number of morpholine rings is 1. The normalized spacial score (nSPS) is 28.2. The molecule has 3 rings (SSSR count). The first kappa shape index (κ1) is 11.6. The number of allylic oxidation sites excluding steroid dienone is 2. The molecule has 2 aliphatic rings. The van der Waals surface area contributed by atoms with Crippen LogP contribution < -0.4 is 5.32 Å². The molecule has 2 heterocycles. The fourth-order valence-electron chi connectivity index (χ4n) is 2.31. The van der Waals surface area contributed by atoms with Gasteiger partial charge in [0.15, 0.2) is 5.82 Å². The van der Waals surface area contributed by atoms with E-state index in [-0.39, 0.29) is 12.0 Å². The molecule has 0 radical (unpaired) electrons. The zero-order chi connectivity index (χ0) is 12.4. The van der Waals surface area contributed by atoms with Crippen molar-refractivity contribution >= 4 is 0 Å². The highest BCUT2D eigenvalue weighted by Gasteiger charge is 2.21. The van der Waals surface area contributed by atoms with E-state index in [1.807, 2.05) is 6.92 Å². The van der Waals surface area contributed by atoms with Crippen molar-refractivity contribution in [2.45, 2.75) is 25.4 Å². The molecular weight excluding hydrogens is 230 g/mol. The van der Waals surface area contributed by atoms with Gasteiger partial charge in [0.2, 0.25) is 5.89 Å². The number of nitrogens with one attached hydrogen (secondary N) is 1. The average Bonchev–Trinajstić information content (AvgIpc) is 2.87. The molecule has 96 valence electrons. The Morgan fingerprint density at radius 1 is 1.44 bits per heavy atom. The largest absolute Gasteiger partial charge is 0.371 e. The topological polar surface area (TPSA) is 60.2 Å². The standard InChI is InChI=1S/C13H17N3O2/c1-9-15-13(16-18-9)11-4-2-10(3-5-11)12-8-14-6-7-17-12/h2-4,11-12,14H,5-8H2,1H3/t11?,12-/m1/s1. The van der Waals surface area contributed by atoms with E-state index in [4.69, 9.17) is 9.26 Å². The molecule has 5 nitrogen and oxygen atoms in total. The summed E-state index contributed by atoms with van der Waals surface area (Å²) in [5, 5.41) is 7.31. The highest BCUT2D eigenvalue weighted by Crippen LogP contribution is 2.26. The number of aryl methyl sites for hydroxylation is 1. The maximum atomic E-state index is 5.73. The lowest BCUT2D eigenvalue weighted by Crippen LogP contribution is -2.39. The van der Waals surface area contributed by atoms with Crippen molar-refractivity contribution in [1.29, 1.82) is 0 Å². The molecule has 1 aromatic heterocycles. The number of hydrogen-bond donors (Lipinski definition) is 1. The molecule has 1 aliphatic carbocycles. The van der Waals surface area contributed by atoms with Gasteiger partial charge in [-0.25, -0.2) is 0 Å². The van der Waals surface area contributed by atoms with E-state index in [1.165, 1.54) is 5.57 Å². The molecule has 1 aliphatic heterocycles. The smallest absolute Gasteiger partial charge is 0.223 e. The van der Waals surface area contributed by atoms with Crippen LogP contribution in [-0.4, -0.2) is 35.9 Å². The van der Waals surface area contributed by atoms with E-state index in [1.54, 1.807) is 0 Å². The Bertz CT molecular complexity index is 472. The van der Waals surface area contributed by atoms with Crippen molar-refractivity contribution in [2.75, 3.05) is 19.7 Å². The van der Waals surface area contributed by atoms with E-state index in [2.05, 4.69) is 33.7 Å². The van der Waals surface area contributed by atoms with E-state index >= 15 is 0 Å². The molecule has 1 saturated heterocycles. The maximum absolute atomic E-state index is 5.73. The second-order valence-electron chi connectivity index (χ2n) is 4.64. The van der Waals surface area contributed by atoms with Crippen molar-refractivity contribution in [3.63, 3.8) is 0 Å². The third-order valence-electron chi connectivity index (χ3n) is 3.30. The maximum Gasteiger partial charge on any atom is 0.223 e. The van der Waals surface area contributed by atoms with Gasteiger partial charge in [-0.1, -0.05) is 23.4 Å². The summed E-state index contributed by atoms with van der Waals surface area (Å²) in [7, 11) is 0. The summed E-state index contributed by atoms with van der Waals surface area (Å²) < 4.78 is 10.7. The molecule has 1 aromatic rings. The van der Waals surface area contributed by atoms with Gasteiger partial charge in [0, 0.05) is 25.9 Å². The predicted octanol–water partition coefficient (Wildman–Crippen LogP) is 1.34. The number of ether oxygens (including phenoxy) is 1. The van der Waals surface area contributed by atoms with Crippen LogP contribution in [0, 0.1) is 6.92 Å². The van der Waals surface area contributed by atoms with Crippen molar-refractivity contribution < 1.29 is 9.26 Å². The molecule has 18 heavy (non-hydrogen) atoms. The third kappa shape index (κ3) is 2.37. The van der Waals surface area contributed by atoms with Gasteiger partial charge in [0.05, 0.1) is 12.7 Å². The van der Waals surface area contributed by atoms with Crippen molar-refractivity contribution in [1.82, 2.24) is 15.5 Å². The second-order valence-corrected chi connectivity index (χ2v) is 4.64. The summed E-state index contributed by atoms with van der Waals surface area (Å²) in [5.74, 6) is 1.61. The Kier molecular flexibility index (Phi) is 3.25. The van der Waals surface area contributed by atoms with E-state index in [9.17, 15) is 0 Å². The van der Waals surface area contributed by atoms with Crippen LogP contribution in [0.15, 0.2) is 28.3 Å². The SMILES string of the molecule is Cc1nc(C2C=CC([C@H]3CNCCO3)=CC2)no1. The Morgan fingerprint density at radius 2 is 2.39 bits per heavy atom. The van der Waals surface area contributed by atoms with Gasteiger partial charge in [-0.15, -0.1) is 0 Å². The van der Waals surface area contributed by atoms with E-state index in [0.717, 1.165) is 31.9 Å². The highest BCUT2D eigenvalue weighted by atomic mass is 16.5. The van der Waals surface area contributed by atoms with Crippen LogP contribution in [0.3, 0.4) is 0 Å². The second kappa shape index (κ2) is 5.04. The molecule has 0 bridgehead atoms. The molecule has 5 heteroatoms. The minimum absolute atomic E-state index is 0.183. The average molecular weight is 247 g/mol. The number of rotatable bonds is 2. The van der Waals surface area contributed by atoms with Gasteiger partial charge >= 0.3 is 0 Å². The zero-order valence-corrected chi connectivity index (χ0v) is 10.4. The summed E-state index contributed by atoms with van der Waals surface area (Å²) in [4.78, 5) is 4.27. The number of hydrogen-bond acceptors (Lipinski definition) is 5. The van der Waals surface area contributed by atoms with Gasteiger partial charge in [-0.3, -0.25) is 0 Å². The van der Waals surface area contributed by atoms with Gasteiger partial charge in [0.25, 0.3) is 0 Å². The lowest BCUT2D eigenvalue weighted by molar-refractivity contribution is 0.0535. The van der Waals surface area contributed by atoms with Crippen LogP contribution in [0.4, 0.5) is 0 Å². The summed E-state index contributed by atoms with van der Waals surface area (Å²) in [6, 6.07) is 0. The number of aromatic nitrogens is 2. The summed E-state index contributed by atoms with van der Waals surface area (Å²) in [6.45, 7) is 4.43. The molecule has 1 fully saturated rings. The third-order valence-corrected chi connectivity index (χ3v) is 3.30. The first-order chi connectivity index (χ1) is 8.83. The van der Waals surface area contributed by atoms with Gasteiger partial charge in [-0.2, -0.15) is 4.98 Å². The van der Waals surface area contributed by atoms with Crippen LogP contribution in [0.5, 0.6) is 0 Å². The van der Waals surface area contributed by atoms with E-state index < -0.39 is 0 Å². The Hall–Kier alpha value is -1.46. The molecule has 0 amide bonds. The van der Waals surface area contributed by atoms with Crippen LogP contribution in [0.2, 0.25) is 0 Å². The molecule has 0 aromatic carbocycles. The highest BCUT2D eigenvalue weighted by molar-refractivity contribution is 5.31. The summed E-state index contributed by atoms with van der Waals surface area (Å²) >= 11 is 0. The minimum Gasteiger partial charge on any atom is -0.371 e. The molecular formula is C13H17N3O2. The fourth-order valence-corrected chi connectivity index (χ4v) is 2.31. The molecule has 1 N–H and O–H groups in total. The molecule has 1 unspecified atom stereocenters. The van der Waals surface area contributed by atoms with Crippen molar-refractivity contribution in [3.05, 3.63) is 35.5 Å². The Balaban J connectivity index is 1.66. The summed E-state index contributed by atoms with van der Waals surface area (Å²) in [5.41, 5.74) is 1.25. The molecule has 2 atom stereocenters. The minimum atomic E-state index is 0.183. The molecule has 0 spiro atoms. The lowest BCUT2D eigenvalue weighted by atomic mass is 9.93. The van der Waals surface area contributed by atoms with Crippen LogP contribution in [0.1, 0.15) is 24.1 Å². The van der Waals surface area contributed by atoms with Crippen LogP contribution >= 0.6 is 0 Å². The number of nitrogens with zero attached hydrogens (tertiary/aromatic N) is 2. The zero-order valence-electron chi connectivity index (χ0n) is 10.4. The summed E-state index contributed by atoms with van der Waals surface area (Å²) in [6.07, 6.45) is 7.57. The first-order valence-corrected chi connectivity index (χ1v) is 6.34. The van der Waals surface area contributed by atoms with Crippen LogP contribution in [-0.2, 0) is 4.74 Å². The van der Waals surface area contributed by atoms with Gasteiger partial charge < -0.3 is 14.6 Å². The Morgan fingerprint density at radius 3 is 3.00 bits per heavy atom. The fraction of sp³-hybridized carbons (Fsp3) is 0.538. The van der Waals surface area contributed by atoms with Crippen LogP contribution in [0.25, 0.3) is 0 Å². The Labute approximate surface area is 106 Å². The lowest BCUT2D eigenvalue weighted by Gasteiger charge is -2.26.